The first-order valence-corrected chi connectivity index (χ1v) is 16.9. The molecule has 0 aliphatic carbocycles. The third-order valence-corrected chi connectivity index (χ3v) is 9.39. The van der Waals surface area contributed by atoms with E-state index in [1.165, 1.54) is 7.05 Å². The van der Waals surface area contributed by atoms with Crippen molar-refractivity contribution in [3.05, 3.63) is 55.0 Å². The second-order valence-corrected chi connectivity index (χ2v) is 13.4. The summed E-state index contributed by atoms with van der Waals surface area (Å²) in [5, 5.41) is 11.0. The highest BCUT2D eigenvalue weighted by Crippen LogP contribution is 2.46. The number of aromatic nitrogens is 4. The largest absolute Gasteiger partial charge is 0.494 e. The minimum atomic E-state index is -3.65. The van der Waals surface area contributed by atoms with Crippen LogP contribution in [0.1, 0.15) is 5.56 Å². The van der Waals surface area contributed by atoms with Gasteiger partial charge in [0.1, 0.15) is 30.5 Å². The van der Waals surface area contributed by atoms with Gasteiger partial charge in [-0.3, -0.25) is 8.99 Å². The maximum atomic E-state index is 12.7. The van der Waals surface area contributed by atoms with Crippen LogP contribution in [0.3, 0.4) is 0 Å². The predicted molar refractivity (Wildman–Crippen MR) is 184 cm³/mol. The third kappa shape index (κ3) is 6.62. The van der Waals surface area contributed by atoms with Crippen LogP contribution in [0.4, 0.5) is 34.5 Å². The molecule has 4 heterocycles. The number of sulfonamides is 1. The molecule has 2 aromatic heterocycles. The summed E-state index contributed by atoms with van der Waals surface area (Å²) in [6, 6.07) is 7.53. The molecule has 2 aliphatic rings. The summed E-state index contributed by atoms with van der Waals surface area (Å²) >= 11 is 0. The SMILES string of the molecule is C=Cc1cnc(Nc2cc(-c3cnn(C)c3)c(N3CCN(C)CC3)cc2OC)nc1Nc1ccc2c(c1N(C)S(C)(=O)=O)OCCO2. The quantitative estimate of drug-likeness (QED) is 0.255. The molecule has 4 aromatic rings. The van der Waals surface area contributed by atoms with E-state index in [4.69, 9.17) is 19.2 Å². The van der Waals surface area contributed by atoms with E-state index in [1.54, 1.807) is 36.2 Å². The Bertz CT molecular complexity index is 1910. The van der Waals surface area contributed by atoms with Crippen molar-refractivity contribution in [1.29, 1.82) is 0 Å². The number of nitrogens with zero attached hydrogens (tertiary/aromatic N) is 7. The summed E-state index contributed by atoms with van der Waals surface area (Å²) in [4.78, 5) is 14.0. The Balaban J connectivity index is 1.39. The Labute approximate surface area is 274 Å². The Morgan fingerprint density at radius 1 is 1.04 bits per heavy atom. The zero-order chi connectivity index (χ0) is 33.3. The summed E-state index contributed by atoms with van der Waals surface area (Å²) in [6.45, 7) is 8.26. The zero-order valence-electron chi connectivity index (χ0n) is 27.1. The lowest BCUT2D eigenvalue weighted by atomic mass is 10.0. The monoisotopic (exact) mass is 661 g/mol. The van der Waals surface area contributed by atoms with E-state index in [-0.39, 0.29) is 12.6 Å². The van der Waals surface area contributed by atoms with Crippen molar-refractivity contribution in [2.75, 3.05) is 86.7 Å². The topological polar surface area (TPSA) is 139 Å². The van der Waals surface area contributed by atoms with Crippen molar-refractivity contribution >= 4 is 50.6 Å². The molecular weight excluding hydrogens is 622 g/mol. The molecule has 14 nitrogen and oxygen atoms in total. The van der Waals surface area contributed by atoms with Gasteiger partial charge in [-0.05, 0) is 25.2 Å². The van der Waals surface area contributed by atoms with Crippen LogP contribution < -0.4 is 34.0 Å². The number of methoxy groups -OCH3 is 1. The molecule has 47 heavy (non-hydrogen) atoms. The highest BCUT2D eigenvalue weighted by atomic mass is 32.2. The molecule has 1 saturated heterocycles. The number of piperazine rings is 1. The highest BCUT2D eigenvalue weighted by Gasteiger charge is 2.27. The van der Waals surface area contributed by atoms with Gasteiger partial charge in [-0.2, -0.15) is 10.1 Å². The molecule has 0 atom stereocenters. The molecule has 0 saturated carbocycles. The first-order chi connectivity index (χ1) is 22.5. The molecule has 15 heteroatoms. The van der Waals surface area contributed by atoms with Crippen LogP contribution in [0.25, 0.3) is 17.2 Å². The van der Waals surface area contributed by atoms with Crippen molar-refractivity contribution in [1.82, 2.24) is 24.6 Å². The van der Waals surface area contributed by atoms with Gasteiger partial charge in [0.15, 0.2) is 11.5 Å². The molecular formula is C32H39N9O5S. The van der Waals surface area contributed by atoms with E-state index in [0.717, 1.165) is 53.6 Å². The lowest BCUT2D eigenvalue weighted by molar-refractivity contribution is 0.172. The van der Waals surface area contributed by atoms with Crippen molar-refractivity contribution in [2.24, 2.45) is 7.05 Å². The van der Waals surface area contributed by atoms with Crippen LogP contribution >= 0.6 is 0 Å². The van der Waals surface area contributed by atoms with Gasteiger partial charge in [-0.1, -0.05) is 12.7 Å². The van der Waals surface area contributed by atoms with Crippen LogP contribution in [0, 0.1) is 0 Å². The summed E-state index contributed by atoms with van der Waals surface area (Å²) in [7, 11) is 3.48. The molecule has 2 N–H and O–H groups in total. The van der Waals surface area contributed by atoms with E-state index >= 15 is 0 Å². The molecule has 0 bridgehead atoms. The van der Waals surface area contributed by atoms with E-state index in [1.807, 2.05) is 31.6 Å². The normalized spacial score (nSPS) is 14.9. The number of ether oxygens (including phenoxy) is 3. The molecule has 0 radical (unpaired) electrons. The zero-order valence-corrected chi connectivity index (χ0v) is 28.0. The van der Waals surface area contributed by atoms with Crippen LogP contribution in [-0.2, 0) is 17.1 Å². The molecule has 248 valence electrons. The number of likely N-dealkylation sites (N-methyl/N-ethyl adjacent to an activating group) is 1. The molecule has 6 rings (SSSR count). The minimum absolute atomic E-state index is 0.288. The molecule has 0 amide bonds. The van der Waals surface area contributed by atoms with Gasteiger partial charge in [-0.15, -0.1) is 0 Å². The maximum absolute atomic E-state index is 12.7. The number of rotatable bonds is 10. The summed E-state index contributed by atoms with van der Waals surface area (Å²) in [5.74, 6) is 2.10. The molecule has 0 spiro atoms. The number of anilines is 6. The first kappa shape index (κ1) is 31.9. The van der Waals surface area contributed by atoms with Crippen LogP contribution in [-0.4, -0.2) is 99.9 Å². The molecule has 0 unspecified atom stereocenters. The Kier molecular flexibility index (Phi) is 8.84. The number of aryl methyl sites for hydroxylation is 1. The van der Waals surface area contributed by atoms with E-state index in [0.29, 0.717) is 52.3 Å². The number of hydrogen-bond acceptors (Lipinski definition) is 12. The van der Waals surface area contributed by atoms with Gasteiger partial charge in [0.2, 0.25) is 16.0 Å². The fraction of sp³-hybridized carbons (Fsp3) is 0.344. The number of benzene rings is 2. The van der Waals surface area contributed by atoms with Gasteiger partial charge >= 0.3 is 0 Å². The third-order valence-electron chi connectivity index (χ3n) is 8.21. The first-order valence-electron chi connectivity index (χ1n) is 15.1. The van der Waals surface area contributed by atoms with Gasteiger partial charge in [0, 0.05) is 81.1 Å². The minimum Gasteiger partial charge on any atom is -0.494 e. The van der Waals surface area contributed by atoms with Crippen molar-refractivity contribution in [3.63, 3.8) is 0 Å². The second-order valence-electron chi connectivity index (χ2n) is 11.4. The Morgan fingerprint density at radius 2 is 1.81 bits per heavy atom. The Morgan fingerprint density at radius 3 is 2.49 bits per heavy atom. The highest BCUT2D eigenvalue weighted by molar-refractivity contribution is 7.92. The molecule has 2 aromatic carbocycles. The lowest BCUT2D eigenvalue weighted by Crippen LogP contribution is -2.44. The van der Waals surface area contributed by atoms with Crippen molar-refractivity contribution in [3.8, 4) is 28.4 Å². The number of hydrogen-bond donors (Lipinski definition) is 2. The van der Waals surface area contributed by atoms with E-state index < -0.39 is 10.0 Å². The lowest BCUT2D eigenvalue weighted by Gasteiger charge is -2.35. The van der Waals surface area contributed by atoms with E-state index in [9.17, 15) is 8.42 Å². The van der Waals surface area contributed by atoms with Gasteiger partial charge < -0.3 is 34.6 Å². The van der Waals surface area contributed by atoms with E-state index in [2.05, 4.69) is 44.1 Å². The van der Waals surface area contributed by atoms with Crippen LogP contribution in [0.2, 0.25) is 0 Å². The number of nitrogens with one attached hydrogen (secondary N) is 2. The molecule has 2 aliphatic heterocycles. The predicted octanol–water partition coefficient (Wildman–Crippen LogP) is 3.93. The van der Waals surface area contributed by atoms with Crippen LogP contribution in [0.5, 0.6) is 17.2 Å². The summed E-state index contributed by atoms with van der Waals surface area (Å²) in [5.41, 5.74) is 5.04. The molecule has 1 fully saturated rings. The van der Waals surface area contributed by atoms with Crippen LogP contribution in [0.15, 0.2) is 49.4 Å². The fourth-order valence-electron chi connectivity index (χ4n) is 5.57. The summed E-state index contributed by atoms with van der Waals surface area (Å²) in [6.07, 6.45) is 8.22. The Hall–Kier alpha value is -5.02. The average molecular weight is 662 g/mol. The van der Waals surface area contributed by atoms with Crippen molar-refractivity contribution < 1.29 is 22.6 Å². The fourth-order valence-corrected chi connectivity index (χ4v) is 6.08. The standard InChI is InChI=1S/C32H39N9O5S/c1-7-21-18-33-32(37-31(21)35-24-8-9-27-30(46-15-14-45-27)29(24)40(4)47(6,42)43)36-25-16-23(22-19-34-39(3)20-22)26(17-28(25)44-5)41-12-10-38(2)11-13-41/h7-9,16-20H,1,10-15H2,2-6H3,(H2,33,35,36,37). The number of fused-ring (bicyclic) bond motifs is 1. The van der Waals surface area contributed by atoms with Crippen molar-refractivity contribution in [2.45, 2.75) is 0 Å². The van der Waals surface area contributed by atoms with Gasteiger partial charge in [0.05, 0.1) is 30.9 Å². The van der Waals surface area contributed by atoms with Gasteiger partial charge in [0.25, 0.3) is 0 Å². The summed E-state index contributed by atoms with van der Waals surface area (Å²) < 4.78 is 45.7. The second kappa shape index (κ2) is 13.0. The average Bonchev–Trinajstić information content (AvgIpc) is 3.50. The maximum Gasteiger partial charge on any atom is 0.232 e. The van der Waals surface area contributed by atoms with Gasteiger partial charge in [-0.25, -0.2) is 13.4 Å². The smallest absolute Gasteiger partial charge is 0.232 e.